The van der Waals surface area contributed by atoms with E-state index in [4.69, 9.17) is 15.2 Å². The van der Waals surface area contributed by atoms with Crippen LogP contribution in [0.2, 0.25) is 0 Å². The lowest BCUT2D eigenvalue weighted by molar-refractivity contribution is 0.0849. The van der Waals surface area contributed by atoms with Gasteiger partial charge in [-0.3, -0.25) is 14.6 Å². The third kappa shape index (κ3) is 4.38. The third-order valence-corrected chi connectivity index (χ3v) is 5.80. The molecule has 0 fully saturated rings. The number of rotatable bonds is 6. The molecule has 1 aromatic heterocycles. The zero-order chi connectivity index (χ0) is 23.5. The Bertz CT molecular complexity index is 1350. The largest absolute Gasteiger partial charge is 0.488 e. The Morgan fingerprint density at radius 2 is 1.76 bits per heavy atom. The number of pyridine rings is 1. The summed E-state index contributed by atoms with van der Waals surface area (Å²) in [6.45, 7) is 0.305. The zero-order valence-corrected chi connectivity index (χ0v) is 18.3. The van der Waals surface area contributed by atoms with Crippen LogP contribution in [-0.4, -0.2) is 16.7 Å². The molecule has 1 aliphatic rings. The molecule has 0 saturated carbocycles. The number of nitrogens with two attached hydrogens (primary N) is 1. The molecule has 6 nitrogen and oxygen atoms in total. The summed E-state index contributed by atoms with van der Waals surface area (Å²) >= 11 is 0. The summed E-state index contributed by atoms with van der Waals surface area (Å²) in [5, 5.41) is 0. The second kappa shape index (κ2) is 9.19. The normalized spacial score (nSPS) is 14.7. The van der Waals surface area contributed by atoms with Gasteiger partial charge in [-0.05, 0) is 47.0 Å². The zero-order valence-electron chi connectivity index (χ0n) is 18.3. The number of hydrogen-bond acceptors (Lipinski definition) is 5. The van der Waals surface area contributed by atoms with E-state index >= 15 is 0 Å². The van der Waals surface area contributed by atoms with Crippen LogP contribution in [0, 0.1) is 0 Å². The molecule has 0 saturated heterocycles. The van der Waals surface area contributed by atoms with Crippen molar-refractivity contribution in [3.05, 3.63) is 114 Å². The molecule has 1 aliphatic heterocycles. The Morgan fingerprint density at radius 1 is 0.971 bits per heavy atom. The van der Waals surface area contributed by atoms with Gasteiger partial charge in [0, 0.05) is 29.6 Å². The van der Waals surface area contributed by atoms with Gasteiger partial charge < -0.3 is 15.2 Å². The van der Waals surface area contributed by atoms with Gasteiger partial charge in [-0.15, -0.1) is 0 Å². The van der Waals surface area contributed by atoms with Gasteiger partial charge in [0.05, 0.1) is 12.0 Å². The van der Waals surface area contributed by atoms with Gasteiger partial charge in [0.15, 0.2) is 5.78 Å². The van der Waals surface area contributed by atoms with Crippen LogP contribution in [0.15, 0.2) is 91.3 Å². The maximum atomic E-state index is 13.1. The molecule has 0 bridgehead atoms. The molecule has 0 radical (unpaired) electrons. The molecule has 0 aliphatic carbocycles. The van der Waals surface area contributed by atoms with Crippen molar-refractivity contribution < 1.29 is 19.1 Å². The Balaban J connectivity index is 1.57. The monoisotopic (exact) mass is 450 g/mol. The fourth-order valence-corrected chi connectivity index (χ4v) is 4.03. The molecular formula is C28H22N2O4. The van der Waals surface area contributed by atoms with Crippen molar-refractivity contribution in [2.24, 2.45) is 5.73 Å². The lowest BCUT2D eigenvalue weighted by Gasteiger charge is -2.27. The second-order valence-corrected chi connectivity index (χ2v) is 8.08. The predicted molar refractivity (Wildman–Crippen MR) is 128 cm³/mol. The summed E-state index contributed by atoms with van der Waals surface area (Å²) in [5.41, 5.74) is 9.65. The number of primary amides is 1. The molecular weight excluding hydrogens is 428 g/mol. The van der Waals surface area contributed by atoms with Crippen LogP contribution in [0.25, 0.3) is 11.1 Å². The number of nitrogens with zero attached hydrogens (tertiary/aromatic N) is 1. The van der Waals surface area contributed by atoms with E-state index in [0.717, 1.165) is 16.7 Å². The van der Waals surface area contributed by atoms with Gasteiger partial charge >= 0.3 is 0 Å². The van der Waals surface area contributed by atoms with Crippen molar-refractivity contribution in [1.29, 1.82) is 0 Å². The van der Waals surface area contributed by atoms with Crippen LogP contribution in [0.4, 0.5) is 0 Å². The highest BCUT2D eigenvalue weighted by Gasteiger charge is 2.29. The van der Waals surface area contributed by atoms with Crippen LogP contribution in [-0.2, 0) is 6.61 Å². The lowest BCUT2D eigenvalue weighted by Crippen LogP contribution is -2.20. The van der Waals surface area contributed by atoms with E-state index in [1.807, 2.05) is 48.5 Å². The quantitative estimate of drug-likeness (QED) is 0.440. The first kappa shape index (κ1) is 21.4. The number of Topliss-reactive ketones (excluding diaryl/α,β-unsaturated/α-hetero) is 1. The third-order valence-electron chi connectivity index (χ3n) is 5.80. The fraction of sp³-hybridized carbons (Fsp3) is 0.107. The van der Waals surface area contributed by atoms with E-state index in [0.29, 0.717) is 34.8 Å². The number of ketones is 1. The standard InChI is InChI=1S/C28H22N2O4/c29-28(32)21-8-4-7-20(13-21)22-14-23-24(31)15-25(19-5-2-1-3-6-19)34-27(23)16-26(22)33-17-18-9-11-30-12-10-18/h1-14,16,25H,15,17H2,(H2,29,32)/t25-/m1/s1. The van der Waals surface area contributed by atoms with E-state index < -0.39 is 5.91 Å². The Morgan fingerprint density at radius 3 is 2.53 bits per heavy atom. The highest BCUT2D eigenvalue weighted by molar-refractivity contribution is 6.02. The van der Waals surface area contributed by atoms with Gasteiger partial charge in [-0.1, -0.05) is 42.5 Å². The minimum atomic E-state index is -0.524. The van der Waals surface area contributed by atoms with Gasteiger partial charge in [-0.2, -0.15) is 0 Å². The van der Waals surface area contributed by atoms with Gasteiger partial charge in [0.25, 0.3) is 0 Å². The molecule has 1 atom stereocenters. The molecule has 4 aromatic rings. The molecule has 2 heterocycles. The van der Waals surface area contributed by atoms with Gasteiger partial charge in [0.2, 0.25) is 5.91 Å². The molecule has 0 unspecified atom stereocenters. The summed E-state index contributed by atoms with van der Waals surface area (Å²) in [7, 11) is 0. The number of hydrogen-bond donors (Lipinski definition) is 1. The summed E-state index contributed by atoms with van der Waals surface area (Å²) in [5.74, 6) is 0.482. The average molecular weight is 450 g/mol. The van der Waals surface area contributed by atoms with E-state index in [1.54, 1.807) is 42.7 Å². The van der Waals surface area contributed by atoms with E-state index in [9.17, 15) is 9.59 Å². The number of aromatic nitrogens is 1. The minimum Gasteiger partial charge on any atom is -0.488 e. The maximum absolute atomic E-state index is 13.1. The molecule has 2 N–H and O–H groups in total. The van der Waals surface area contributed by atoms with Gasteiger partial charge in [-0.25, -0.2) is 0 Å². The SMILES string of the molecule is NC(=O)c1cccc(-c2cc3c(cc2OCc2ccncc2)O[C@@H](c2ccccc2)CC3=O)c1. The Hall–Kier alpha value is -4.45. The lowest BCUT2D eigenvalue weighted by atomic mass is 9.92. The number of benzene rings is 3. The topological polar surface area (TPSA) is 91.5 Å². The second-order valence-electron chi connectivity index (χ2n) is 8.08. The fourth-order valence-electron chi connectivity index (χ4n) is 4.03. The number of ether oxygens (including phenoxy) is 2. The van der Waals surface area contributed by atoms with Crippen molar-refractivity contribution in [2.45, 2.75) is 19.1 Å². The molecule has 34 heavy (non-hydrogen) atoms. The van der Waals surface area contributed by atoms with Crippen LogP contribution in [0.1, 0.15) is 44.4 Å². The number of fused-ring (bicyclic) bond motifs is 1. The van der Waals surface area contributed by atoms with Crippen molar-refractivity contribution >= 4 is 11.7 Å². The van der Waals surface area contributed by atoms with Crippen LogP contribution >= 0.6 is 0 Å². The molecule has 1 amide bonds. The number of amides is 1. The van der Waals surface area contributed by atoms with Crippen molar-refractivity contribution in [1.82, 2.24) is 4.98 Å². The summed E-state index contributed by atoms with van der Waals surface area (Å²) < 4.78 is 12.4. The maximum Gasteiger partial charge on any atom is 0.248 e. The summed E-state index contributed by atoms with van der Waals surface area (Å²) in [4.78, 5) is 28.9. The first-order valence-electron chi connectivity index (χ1n) is 10.9. The molecule has 5 rings (SSSR count). The van der Waals surface area contributed by atoms with E-state index in [-0.39, 0.29) is 18.3 Å². The number of carbonyl (C=O) groups excluding carboxylic acids is 2. The van der Waals surface area contributed by atoms with E-state index in [2.05, 4.69) is 4.98 Å². The van der Waals surface area contributed by atoms with Crippen LogP contribution in [0.5, 0.6) is 11.5 Å². The van der Waals surface area contributed by atoms with Crippen molar-refractivity contribution in [3.8, 4) is 22.6 Å². The molecule has 6 heteroatoms. The number of carbonyl (C=O) groups is 2. The average Bonchev–Trinajstić information content (AvgIpc) is 2.88. The summed E-state index contributed by atoms with van der Waals surface area (Å²) in [6, 6.07) is 23.9. The first-order chi connectivity index (χ1) is 16.6. The van der Waals surface area contributed by atoms with Crippen LogP contribution < -0.4 is 15.2 Å². The molecule has 168 valence electrons. The Labute approximate surface area is 197 Å². The smallest absolute Gasteiger partial charge is 0.248 e. The van der Waals surface area contributed by atoms with E-state index in [1.165, 1.54) is 0 Å². The minimum absolute atomic E-state index is 0.0110. The van der Waals surface area contributed by atoms with Crippen molar-refractivity contribution in [3.63, 3.8) is 0 Å². The molecule has 0 spiro atoms. The van der Waals surface area contributed by atoms with Crippen LogP contribution in [0.3, 0.4) is 0 Å². The Kier molecular flexibility index (Phi) is 5.79. The predicted octanol–water partition coefficient (Wildman–Crippen LogP) is 5.13. The first-order valence-corrected chi connectivity index (χ1v) is 10.9. The molecule has 3 aromatic carbocycles. The van der Waals surface area contributed by atoms with Crippen molar-refractivity contribution in [2.75, 3.05) is 0 Å². The highest BCUT2D eigenvalue weighted by Crippen LogP contribution is 2.42. The summed E-state index contributed by atoms with van der Waals surface area (Å²) in [6.07, 6.45) is 3.29. The highest BCUT2D eigenvalue weighted by atomic mass is 16.5. The van der Waals surface area contributed by atoms with Gasteiger partial charge in [0.1, 0.15) is 24.2 Å².